The average molecular weight is 195 g/mol. The minimum absolute atomic E-state index is 0.255. The Morgan fingerprint density at radius 1 is 1.36 bits per heavy atom. The van der Waals surface area contributed by atoms with Gasteiger partial charge in [-0.3, -0.25) is 9.63 Å². The Balaban J connectivity index is 2.62. The third-order valence-corrected chi connectivity index (χ3v) is 1.66. The van der Waals surface area contributed by atoms with Crippen LogP contribution in [0.5, 0.6) is 5.75 Å². The second-order valence-electron chi connectivity index (χ2n) is 2.59. The fourth-order valence-corrected chi connectivity index (χ4v) is 0.939. The summed E-state index contributed by atoms with van der Waals surface area (Å²) in [6.45, 7) is 2.25. The lowest BCUT2D eigenvalue weighted by Gasteiger charge is -2.04. The predicted molar refractivity (Wildman–Crippen MR) is 52.1 cm³/mol. The van der Waals surface area contributed by atoms with E-state index in [1.54, 1.807) is 38.3 Å². The van der Waals surface area contributed by atoms with E-state index in [9.17, 15) is 4.79 Å². The van der Waals surface area contributed by atoms with E-state index in [0.29, 0.717) is 12.2 Å². The van der Waals surface area contributed by atoms with E-state index in [0.717, 1.165) is 5.75 Å². The Morgan fingerprint density at radius 3 is 2.50 bits per heavy atom. The van der Waals surface area contributed by atoms with Crippen LogP contribution in [0.2, 0.25) is 0 Å². The Morgan fingerprint density at radius 2 is 2.00 bits per heavy atom. The second kappa shape index (κ2) is 5.24. The molecule has 0 atom stereocenters. The Labute approximate surface area is 82.8 Å². The molecule has 0 fully saturated rings. The lowest BCUT2D eigenvalue weighted by molar-refractivity contribution is 0.0364. The SMILES string of the molecule is CCONC(=O)c1ccc(OC)cc1. The van der Waals surface area contributed by atoms with Gasteiger partial charge in [0.05, 0.1) is 13.7 Å². The van der Waals surface area contributed by atoms with Crippen molar-refractivity contribution in [2.24, 2.45) is 0 Å². The highest BCUT2D eigenvalue weighted by atomic mass is 16.6. The number of hydrogen-bond donors (Lipinski definition) is 1. The van der Waals surface area contributed by atoms with Crippen molar-refractivity contribution in [2.45, 2.75) is 6.92 Å². The molecule has 0 aliphatic heterocycles. The molecule has 4 heteroatoms. The summed E-state index contributed by atoms with van der Waals surface area (Å²) in [6, 6.07) is 6.79. The number of rotatable bonds is 4. The average Bonchev–Trinajstić information content (AvgIpc) is 2.26. The first-order valence-electron chi connectivity index (χ1n) is 4.34. The lowest BCUT2D eigenvalue weighted by atomic mass is 10.2. The van der Waals surface area contributed by atoms with Crippen LogP contribution >= 0.6 is 0 Å². The van der Waals surface area contributed by atoms with Gasteiger partial charge in [-0.05, 0) is 31.2 Å². The molecule has 0 radical (unpaired) electrons. The van der Waals surface area contributed by atoms with E-state index in [1.807, 2.05) is 0 Å². The first-order chi connectivity index (χ1) is 6.77. The topological polar surface area (TPSA) is 47.6 Å². The van der Waals surface area contributed by atoms with E-state index in [4.69, 9.17) is 9.57 Å². The van der Waals surface area contributed by atoms with Crippen LogP contribution in [0.4, 0.5) is 0 Å². The zero-order valence-corrected chi connectivity index (χ0v) is 8.24. The van der Waals surface area contributed by atoms with Crippen molar-refractivity contribution >= 4 is 5.91 Å². The van der Waals surface area contributed by atoms with Gasteiger partial charge in [0, 0.05) is 5.56 Å². The molecule has 1 N–H and O–H groups in total. The predicted octanol–water partition coefficient (Wildman–Crippen LogP) is 1.38. The van der Waals surface area contributed by atoms with Crippen LogP contribution < -0.4 is 10.2 Å². The zero-order chi connectivity index (χ0) is 10.4. The van der Waals surface area contributed by atoms with Crippen LogP contribution in [-0.4, -0.2) is 19.6 Å². The van der Waals surface area contributed by atoms with Crippen molar-refractivity contribution in [3.63, 3.8) is 0 Å². The molecule has 14 heavy (non-hydrogen) atoms. The summed E-state index contributed by atoms with van der Waals surface area (Å²) in [6.07, 6.45) is 0. The standard InChI is InChI=1S/C10H13NO3/c1-3-14-11-10(12)8-4-6-9(13-2)7-5-8/h4-7H,3H2,1-2H3,(H,11,12). The molecule has 0 saturated carbocycles. The van der Waals surface area contributed by atoms with Gasteiger partial charge in [0.1, 0.15) is 5.75 Å². The van der Waals surface area contributed by atoms with Crippen LogP contribution in [0.15, 0.2) is 24.3 Å². The van der Waals surface area contributed by atoms with Crippen molar-refractivity contribution in [2.75, 3.05) is 13.7 Å². The quantitative estimate of drug-likeness (QED) is 0.738. The highest BCUT2D eigenvalue weighted by molar-refractivity contribution is 5.93. The summed E-state index contributed by atoms with van der Waals surface area (Å²) in [5.74, 6) is 0.465. The maximum atomic E-state index is 11.3. The summed E-state index contributed by atoms with van der Waals surface area (Å²) < 4.78 is 4.97. The molecular weight excluding hydrogens is 182 g/mol. The molecule has 0 saturated heterocycles. The van der Waals surface area contributed by atoms with Crippen molar-refractivity contribution in [3.8, 4) is 5.75 Å². The third kappa shape index (κ3) is 2.74. The second-order valence-corrected chi connectivity index (χ2v) is 2.59. The van der Waals surface area contributed by atoms with Crippen molar-refractivity contribution < 1.29 is 14.4 Å². The molecule has 1 aromatic rings. The normalized spacial score (nSPS) is 9.57. The number of carbonyl (C=O) groups is 1. The molecule has 1 rings (SSSR count). The van der Waals surface area contributed by atoms with Gasteiger partial charge >= 0.3 is 0 Å². The number of hydrogen-bond acceptors (Lipinski definition) is 3. The monoisotopic (exact) mass is 195 g/mol. The molecule has 1 amide bonds. The molecule has 0 unspecified atom stereocenters. The molecule has 0 aliphatic rings. The van der Waals surface area contributed by atoms with Gasteiger partial charge in [0.25, 0.3) is 5.91 Å². The van der Waals surface area contributed by atoms with Crippen LogP contribution in [0, 0.1) is 0 Å². The van der Waals surface area contributed by atoms with Gasteiger partial charge in [0.2, 0.25) is 0 Å². The number of benzene rings is 1. The molecule has 0 bridgehead atoms. The number of ether oxygens (including phenoxy) is 1. The van der Waals surface area contributed by atoms with E-state index >= 15 is 0 Å². The molecule has 0 aromatic heterocycles. The van der Waals surface area contributed by atoms with Crippen molar-refractivity contribution in [1.82, 2.24) is 5.48 Å². The molecular formula is C10H13NO3. The van der Waals surface area contributed by atoms with Crippen LogP contribution in [-0.2, 0) is 4.84 Å². The summed E-state index contributed by atoms with van der Waals surface area (Å²) in [4.78, 5) is 16.1. The molecule has 0 heterocycles. The number of amides is 1. The minimum Gasteiger partial charge on any atom is -0.497 e. The van der Waals surface area contributed by atoms with Gasteiger partial charge in [-0.25, -0.2) is 5.48 Å². The van der Waals surface area contributed by atoms with Crippen LogP contribution in [0.25, 0.3) is 0 Å². The van der Waals surface area contributed by atoms with Crippen LogP contribution in [0.3, 0.4) is 0 Å². The minimum atomic E-state index is -0.255. The Kier molecular flexibility index (Phi) is 3.94. The fourth-order valence-electron chi connectivity index (χ4n) is 0.939. The summed E-state index contributed by atoms with van der Waals surface area (Å²) in [5.41, 5.74) is 2.85. The highest BCUT2D eigenvalue weighted by Crippen LogP contribution is 2.10. The number of hydroxylamine groups is 1. The van der Waals surface area contributed by atoms with Gasteiger partial charge in [0.15, 0.2) is 0 Å². The molecule has 4 nitrogen and oxygen atoms in total. The number of nitrogens with one attached hydrogen (secondary N) is 1. The van der Waals surface area contributed by atoms with Crippen molar-refractivity contribution in [1.29, 1.82) is 0 Å². The van der Waals surface area contributed by atoms with E-state index in [1.165, 1.54) is 0 Å². The van der Waals surface area contributed by atoms with Crippen LogP contribution in [0.1, 0.15) is 17.3 Å². The largest absolute Gasteiger partial charge is 0.497 e. The van der Waals surface area contributed by atoms with Crippen molar-refractivity contribution in [3.05, 3.63) is 29.8 Å². The molecule has 0 spiro atoms. The van der Waals surface area contributed by atoms with Gasteiger partial charge in [-0.1, -0.05) is 0 Å². The fraction of sp³-hybridized carbons (Fsp3) is 0.300. The zero-order valence-electron chi connectivity index (χ0n) is 8.24. The first kappa shape index (κ1) is 10.5. The van der Waals surface area contributed by atoms with Gasteiger partial charge in [-0.15, -0.1) is 0 Å². The summed E-state index contributed by atoms with van der Waals surface area (Å²) >= 11 is 0. The lowest BCUT2D eigenvalue weighted by Crippen LogP contribution is -2.23. The smallest absolute Gasteiger partial charge is 0.274 e. The Hall–Kier alpha value is -1.55. The maximum Gasteiger partial charge on any atom is 0.274 e. The summed E-state index contributed by atoms with van der Waals surface area (Å²) in [7, 11) is 1.58. The van der Waals surface area contributed by atoms with E-state index in [-0.39, 0.29) is 5.91 Å². The molecule has 76 valence electrons. The first-order valence-corrected chi connectivity index (χ1v) is 4.34. The number of carbonyl (C=O) groups excluding carboxylic acids is 1. The van der Waals surface area contributed by atoms with E-state index in [2.05, 4.69) is 5.48 Å². The van der Waals surface area contributed by atoms with Gasteiger partial charge < -0.3 is 4.74 Å². The molecule has 0 aliphatic carbocycles. The highest BCUT2D eigenvalue weighted by Gasteiger charge is 2.04. The van der Waals surface area contributed by atoms with E-state index < -0.39 is 0 Å². The molecule has 1 aromatic carbocycles. The van der Waals surface area contributed by atoms with Gasteiger partial charge in [-0.2, -0.15) is 0 Å². The Bertz CT molecular complexity index is 295. The number of methoxy groups -OCH3 is 1. The third-order valence-electron chi connectivity index (χ3n) is 1.66. The summed E-state index contributed by atoms with van der Waals surface area (Å²) in [5, 5.41) is 0. The maximum absolute atomic E-state index is 11.3.